The van der Waals surface area contributed by atoms with Gasteiger partial charge in [0.1, 0.15) is 0 Å². The van der Waals surface area contributed by atoms with E-state index in [9.17, 15) is 0 Å². The Labute approximate surface area is 242 Å². The Balaban J connectivity index is 0.000000119. The summed E-state index contributed by atoms with van der Waals surface area (Å²) in [4.78, 5) is 19.1. The van der Waals surface area contributed by atoms with E-state index < -0.39 is 0 Å². The molecule has 0 unspecified atom stereocenters. The average Bonchev–Trinajstić information content (AvgIpc) is 3.05. The number of fused-ring (bicyclic) bond motifs is 8. The molecule has 0 spiro atoms. The molecule has 4 aromatic carbocycles. The first kappa shape index (κ1) is 23.2. The summed E-state index contributed by atoms with van der Waals surface area (Å²) in [5.74, 6) is 0. The standard InChI is InChI=1S/2C19H12N2/c1-2-6-13-12(5-1)11-17-18-14(13)9-10-20-19(18)15-7-3-4-8-16(15)21-17;1-2-6-13-12(5-1)11-17-18-15(9-10-20-19(13)18)14-7-3-4-8-16(14)21-17/h2*1-10H,11H2. The molecule has 0 saturated heterocycles. The lowest BCUT2D eigenvalue weighted by Crippen LogP contribution is -2.05. The van der Waals surface area contributed by atoms with Crippen LogP contribution in [0.25, 0.3) is 65.9 Å². The number of aromatic nitrogens is 4. The Morgan fingerprint density at radius 3 is 1.83 bits per heavy atom. The minimum absolute atomic E-state index is 0.885. The Kier molecular flexibility index (Phi) is 4.99. The topological polar surface area (TPSA) is 51.6 Å². The molecule has 0 atom stereocenters. The first-order valence-corrected chi connectivity index (χ1v) is 14.3. The highest BCUT2D eigenvalue weighted by atomic mass is 14.8. The van der Waals surface area contributed by atoms with E-state index >= 15 is 0 Å². The third kappa shape index (κ3) is 3.42. The van der Waals surface area contributed by atoms with Crippen molar-refractivity contribution in [1.29, 1.82) is 0 Å². The molecule has 196 valence electrons. The van der Waals surface area contributed by atoms with Crippen LogP contribution in [-0.4, -0.2) is 19.9 Å². The van der Waals surface area contributed by atoms with Crippen molar-refractivity contribution in [1.82, 2.24) is 19.9 Å². The van der Waals surface area contributed by atoms with Gasteiger partial charge in [0, 0.05) is 52.3 Å². The van der Waals surface area contributed by atoms with Gasteiger partial charge in [-0.25, -0.2) is 0 Å². The van der Waals surface area contributed by atoms with Gasteiger partial charge in [-0.1, -0.05) is 84.9 Å². The fourth-order valence-electron chi connectivity index (χ4n) is 6.80. The summed E-state index contributed by atoms with van der Waals surface area (Å²) >= 11 is 0. The quantitative estimate of drug-likeness (QED) is 0.182. The molecule has 4 aromatic heterocycles. The minimum Gasteiger partial charge on any atom is -0.256 e. The van der Waals surface area contributed by atoms with Crippen molar-refractivity contribution >= 4 is 43.5 Å². The van der Waals surface area contributed by atoms with Gasteiger partial charge in [-0.15, -0.1) is 0 Å². The molecule has 4 heteroatoms. The molecule has 2 aliphatic rings. The molecule has 0 fully saturated rings. The van der Waals surface area contributed by atoms with Gasteiger partial charge in [0.15, 0.2) is 0 Å². The fraction of sp³-hybridized carbons (Fsp3) is 0.0526. The number of hydrogen-bond acceptors (Lipinski definition) is 4. The summed E-state index contributed by atoms with van der Waals surface area (Å²) in [5, 5.41) is 6.04. The molecule has 0 N–H and O–H groups in total. The molecule has 0 saturated carbocycles. The van der Waals surface area contributed by atoms with E-state index in [2.05, 4.69) is 107 Å². The molecule has 42 heavy (non-hydrogen) atoms. The lowest BCUT2D eigenvalue weighted by Gasteiger charge is -2.20. The second-order valence-corrected chi connectivity index (χ2v) is 11.0. The highest BCUT2D eigenvalue weighted by Crippen LogP contribution is 2.41. The van der Waals surface area contributed by atoms with Crippen LogP contribution in [-0.2, 0) is 12.8 Å². The molecule has 0 amide bonds. The first-order chi connectivity index (χ1) is 20.8. The van der Waals surface area contributed by atoms with Crippen molar-refractivity contribution in [3.8, 4) is 22.4 Å². The third-order valence-corrected chi connectivity index (χ3v) is 8.64. The highest BCUT2D eigenvalue weighted by Gasteiger charge is 2.22. The van der Waals surface area contributed by atoms with E-state index in [1.807, 2.05) is 24.5 Å². The molecule has 0 radical (unpaired) electrons. The van der Waals surface area contributed by atoms with Crippen molar-refractivity contribution in [3.63, 3.8) is 0 Å². The second kappa shape index (κ2) is 9.02. The molecule has 2 aliphatic carbocycles. The number of nitrogens with zero attached hydrogens (tertiary/aromatic N) is 4. The van der Waals surface area contributed by atoms with Crippen LogP contribution in [0.4, 0.5) is 0 Å². The van der Waals surface area contributed by atoms with Crippen LogP contribution in [0.15, 0.2) is 122 Å². The molecule has 8 aromatic rings. The SMILES string of the molecule is c1ccc2c(c1)Cc1nc3ccccc3c3ccnc-2c13.c1ccc2c(c1)Cc1nc3ccccc3c3nccc-2c13. The largest absolute Gasteiger partial charge is 0.256 e. The van der Waals surface area contributed by atoms with Crippen LogP contribution in [0.2, 0.25) is 0 Å². The number of hydrogen-bond donors (Lipinski definition) is 0. The number of rotatable bonds is 0. The van der Waals surface area contributed by atoms with E-state index in [-0.39, 0.29) is 0 Å². The maximum atomic E-state index is 4.89. The van der Waals surface area contributed by atoms with Crippen molar-refractivity contribution in [2.45, 2.75) is 12.8 Å². The zero-order valence-corrected chi connectivity index (χ0v) is 22.8. The normalized spacial score (nSPS) is 12.6. The lowest BCUT2D eigenvalue weighted by molar-refractivity contribution is 1.10. The summed E-state index contributed by atoms with van der Waals surface area (Å²) in [5.41, 5.74) is 13.0. The molecule has 0 bridgehead atoms. The van der Waals surface area contributed by atoms with Crippen LogP contribution in [0.3, 0.4) is 0 Å². The van der Waals surface area contributed by atoms with Crippen LogP contribution in [0.1, 0.15) is 22.5 Å². The van der Waals surface area contributed by atoms with Gasteiger partial charge >= 0.3 is 0 Å². The van der Waals surface area contributed by atoms with Crippen LogP contribution in [0, 0.1) is 0 Å². The fourth-order valence-corrected chi connectivity index (χ4v) is 6.80. The summed E-state index contributed by atoms with van der Waals surface area (Å²) < 4.78 is 0. The molecule has 10 rings (SSSR count). The maximum absolute atomic E-state index is 4.89. The summed E-state index contributed by atoms with van der Waals surface area (Å²) in [7, 11) is 0. The Hall–Kier alpha value is -5.48. The zero-order valence-electron chi connectivity index (χ0n) is 22.8. The molecule has 0 aliphatic heterocycles. The number of para-hydroxylation sites is 2. The van der Waals surface area contributed by atoms with Gasteiger partial charge in [0.05, 0.1) is 33.6 Å². The van der Waals surface area contributed by atoms with Crippen molar-refractivity contribution in [3.05, 3.63) is 144 Å². The number of pyridine rings is 4. The van der Waals surface area contributed by atoms with Gasteiger partial charge in [-0.2, -0.15) is 0 Å². The molecule has 4 heterocycles. The maximum Gasteiger partial charge on any atom is 0.0820 e. The first-order valence-electron chi connectivity index (χ1n) is 14.3. The number of benzene rings is 4. The van der Waals surface area contributed by atoms with Crippen LogP contribution >= 0.6 is 0 Å². The van der Waals surface area contributed by atoms with Crippen molar-refractivity contribution in [2.75, 3.05) is 0 Å². The summed E-state index contributed by atoms with van der Waals surface area (Å²) in [6.45, 7) is 0. The van der Waals surface area contributed by atoms with Crippen LogP contribution < -0.4 is 0 Å². The van der Waals surface area contributed by atoms with Gasteiger partial charge in [-0.3, -0.25) is 19.9 Å². The van der Waals surface area contributed by atoms with E-state index in [4.69, 9.17) is 9.97 Å². The van der Waals surface area contributed by atoms with Crippen LogP contribution in [0.5, 0.6) is 0 Å². The zero-order chi connectivity index (χ0) is 27.6. The summed E-state index contributed by atoms with van der Waals surface area (Å²) in [6, 6.07) is 37.9. The van der Waals surface area contributed by atoms with Gasteiger partial charge in [0.25, 0.3) is 0 Å². The predicted molar refractivity (Wildman–Crippen MR) is 171 cm³/mol. The highest BCUT2D eigenvalue weighted by molar-refractivity contribution is 6.12. The third-order valence-electron chi connectivity index (χ3n) is 8.64. The van der Waals surface area contributed by atoms with E-state index in [1.165, 1.54) is 49.4 Å². The van der Waals surface area contributed by atoms with Gasteiger partial charge < -0.3 is 0 Å². The lowest BCUT2D eigenvalue weighted by atomic mass is 9.87. The van der Waals surface area contributed by atoms with Gasteiger partial charge in [-0.05, 0) is 51.9 Å². The monoisotopic (exact) mass is 536 g/mol. The van der Waals surface area contributed by atoms with E-state index in [1.54, 1.807) is 0 Å². The minimum atomic E-state index is 0.885. The smallest absolute Gasteiger partial charge is 0.0820 e. The second-order valence-electron chi connectivity index (χ2n) is 11.0. The summed E-state index contributed by atoms with van der Waals surface area (Å²) in [6.07, 6.45) is 5.60. The Morgan fingerprint density at radius 2 is 1.02 bits per heavy atom. The molecule has 4 nitrogen and oxygen atoms in total. The Morgan fingerprint density at radius 1 is 0.429 bits per heavy atom. The van der Waals surface area contributed by atoms with E-state index in [0.717, 1.165) is 51.9 Å². The predicted octanol–water partition coefficient (Wildman–Crippen LogP) is 8.71. The van der Waals surface area contributed by atoms with Crippen molar-refractivity contribution in [2.24, 2.45) is 0 Å². The van der Waals surface area contributed by atoms with Crippen molar-refractivity contribution < 1.29 is 0 Å². The average molecular weight is 537 g/mol. The molecular weight excluding hydrogens is 512 g/mol. The van der Waals surface area contributed by atoms with Gasteiger partial charge in [0.2, 0.25) is 0 Å². The Bertz CT molecular complexity index is 2210. The van der Waals surface area contributed by atoms with E-state index in [0.29, 0.717) is 0 Å². The molecular formula is C38H24N4.